The molecule has 1 saturated carbocycles. The molecule has 0 saturated heterocycles. The minimum Gasteiger partial charge on any atom is -0.496 e. The molecular weight excluding hydrogens is 328 g/mol. The van der Waals surface area contributed by atoms with E-state index in [1.165, 1.54) is 0 Å². The number of para-hydroxylation sites is 2. The van der Waals surface area contributed by atoms with Gasteiger partial charge in [0, 0.05) is 17.2 Å². The van der Waals surface area contributed by atoms with E-state index in [0.717, 1.165) is 29.8 Å². The zero-order valence-electron chi connectivity index (χ0n) is 14.5. The van der Waals surface area contributed by atoms with Gasteiger partial charge >= 0.3 is 6.03 Å². The van der Waals surface area contributed by atoms with Gasteiger partial charge in [0.05, 0.1) is 18.5 Å². The molecule has 0 atom stereocenters. The Hall–Kier alpha value is -3.28. The molecule has 2 aromatic carbocycles. The van der Waals surface area contributed by atoms with Gasteiger partial charge in [-0.25, -0.2) is 4.79 Å². The Bertz CT molecular complexity index is 917. The lowest BCUT2D eigenvalue weighted by Crippen LogP contribution is -2.20. The highest BCUT2D eigenvalue weighted by Crippen LogP contribution is 2.46. The summed E-state index contributed by atoms with van der Waals surface area (Å²) in [5.41, 5.74) is 3.94. The summed E-state index contributed by atoms with van der Waals surface area (Å²) in [4.78, 5) is 12.5. The third-order valence-electron chi connectivity index (χ3n) is 4.41. The van der Waals surface area contributed by atoms with Crippen molar-refractivity contribution >= 4 is 17.4 Å². The molecule has 1 heterocycles. The molecule has 2 amide bonds. The maximum absolute atomic E-state index is 12.5. The summed E-state index contributed by atoms with van der Waals surface area (Å²) >= 11 is 0. The van der Waals surface area contributed by atoms with Gasteiger partial charge in [-0.1, -0.05) is 30.3 Å². The molecule has 0 bridgehead atoms. The van der Waals surface area contributed by atoms with Crippen LogP contribution in [-0.4, -0.2) is 23.3 Å². The van der Waals surface area contributed by atoms with E-state index in [-0.39, 0.29) is 6.03 Å². The van der Waals surface area contributed by atoms with E-state index in [2.05, 4.69) is 20.8 Å². The molecule has 6 nitrogen and oxygen atoms in total. The zero-order chi connectivity index (χ0) is 17.9. The van der Waals surface area contributed by atoms with Crippen molar-refractivity contribution < 1.29 is 9.53 Å². The highest BCUT2D eigenvalue weighted by atomic mass is 16.5. The van der Waals surface area contributed by atoms with Crippen LogP contribution in [0, 0.1) is 0 Å². The Morgan fingerprint density at radius 1 is 1.08 bits per heavy atom. The Labute approximate surface area is 151 Å². The molecule has 0 spiro atoms. The van der Waals surface area contributed by atoms with E-state index >= 15 is 0 Å². The fraction of sp³-hybridized carbons (Fsp3) is 0.200. The van der Waals surface area contributed by atoms with Crippen LogP contribution in [-0.2, 0) is 0 Å². The Morgan fingerprint density at radius 3 is 2.54 bits per heavy atom. The Balaban J connectivity index is 1.66. The number of amides is 2. The zero-order valence-corrected chi connectivity index (χ0v) is 14.5. The molecular formula is C20H20N4O2. The molecule has 132 valence electrons. The third kappa shape index (κ3) is 3.26. The van der Waals surface area contributed by atoms with Crippen LogP contribution in [0.5, 0.6) is 5.75 Å². The lowest BCUT2D eigenvalue weighted by molar-refractivity contribution is 0.262. The summed E-state index contributed by atoms with van der Waals surface area (Å²) < 4.78 is 5.46. The van der Waals surface area contributed by atoms with Crippen LogP contribution in [0.4, 0.5) is 16.2 Å². The normalized spacial score (nSPS) is 13.3. The maximum Gasteiger partial charge on any atom is 0.323 e. The van der Waals surface area contributed by atoms with Gasteiger partial charge < -0.3 is 15.4 Å². The molecule has 0 unspecified atom stereocenters. The summed E-state index contributed by atoms with van der Waals surface area (Å²) in [7, 11) is 1.63. The van der Waals surface area contributed by atoms with Gasteiger partial charge in [0.2, 0.25) is 0 Å². The van der Waals surface area contributed by atoms with Crippen LogP contribution in [0.2, 0.25) is 0 Å². The van der Waals surface area contributed by atoms with Gasteiger partial charge in [0.25, 0.3) is 0 Å². The molecule has 26 heavy (non-hydrogen) atoms. The van der Waals surface area contributed by atoms with Crippen molar-refractivity contribution in [2.45, 2.75) is 18.8 Å². The number of rotatable bonds is 5. The number of benzene rings is 2. The van der Waals surface area contributed by atoms with E-state index in [1.807, 2.05) is 54.6 Å². The van der Waals surface area contributed by atoms with Gasteiger partial charge in [-0.3, -0.25) is 5.10 Å². The van der Waals surface area contributed by atoms with Crippen LogP contribution in [0.25, 0.3) is 11.3 Å². The molecule has 1 fully saturated rings. The number of carbonyl (C=O) groups excluding carboxylic acids is 1. The number of ether oxygens (including phenoxy) is 1. The monoisotopic (exact) mass is 348 g/mol. The van der Waals surface area contributed by atoms with Crippen molar-refractivity contribution in [3.8, 4) is 17.0 Å². The lowest BCUT2D eigenvalue weighted by Gasteiger charge is -2.11. The van der Waals surface area contributed by atoms with E-state index in [4.69, 9.17) is 4.74 Å². The predicted octanol–water partition coefficient (Wildman–Crippen LogP) is 4.61. The minimum absolute atomic E-state index is 0.296. The number of hydrogen-bond acceptors (Lipinski definition) is 3. The Morgan fingerprint density at radius 2 is 1.81 bits per heavy atom. The highest BCUT2D eigenvalue weighted by molar-refractivity contribution is 6.02. The lowest BCUT2D eigenvalue weighted by atomic mass is 10.1. The second-order valence-corrected chi connectivity index (χ2v) is 6.28. The summed E-state index contributed by atoms with van der Waals surface area (Å²) in [6.45, 7) is 0. The number of anilines is 2. The van der Waals surface area contributed by atoms with Crippen LogP contribution in [0.15, 0.2) is 54.6 Å². The number of aromatic amines is 1. The van der Waals surface area contributed by atoms with Gasteiger partial charge in [-0.15, -0.1) is 0 Å². The van der Waals surface area contributed by atoms with Gasteiger partial charge in [-0.05, 0) is 37.1 Å². The first-order valence-corrected chi connectivity index (χ1v) is 8.61. The highest BCUT2D eigenvalue weighted by Gasteiger charge is 2.31. The fourth-order valence-electron chi connectivity index (χ4n) is 2.98. The average Bonchev–Trinajstić information content (AvgIpc) is 3.43. The molecule has 6 heteroatoms. The summed E-state index contributed by atoms with van der Waals surface area (Å²) in [6.07, 6.45) is 2.20. The van der Waals surface area contributed by atoms with Crippen molar-refractivity contribution in [2.75, 3.05) is 17.7 Å². The first-order chi connectivity index (χ1) is 12.8. The number of nitrogens with zero attached hydrogens (tertiary/aromatic N) is 1. The van der Waals surface area contributed by atoms with Crippen LogP contribution in [0.3, 0.4) is 0 Å². The van der Waals surface area contributed by atoms with E-state index < -0.39 is 0 Å². The molecule has 4 rings (SSSR count). The van der Waals surface area contributed by atoms with Crippen LogP contribution >= 0.6 is 0 Å². The van der Waals surface area contributed by atoms with Crippen molar-refractivity contribution in [3.05, 3.63) is 60.3 Å². The van der Waals surface area contributed by atoms with Crippen LogP contribution in [0.1, 0.15) is 24.5 Å². The van der Waals surface area contributed by atoms with Crippen LogP contribution < -0.4 is 15.4 Å². The third-order valence-corrected chi connectivity index (χ3v) is 4.41. The number of methoxy groups -OCH3 is 1. The number of aromatic nitrogens is 2. The number of urea groups is 1. The first kappa shape index (κ1) is 16.2. The number of nitrogens with one attached hydrogen (secondary N) is 3. The van der Waals surface area contributed by atoms with Gasteiger partial charge in [-0.2, -0.15) is 5.10 Å². The molecule has 0 aliphatic heterocycles. The molecule has 3 N–H and O–H groups in total. The standard InChI is InChI=1S/C20H20N4O2/c1-26-16-10-6-5-9-15(16)18-19(17(23-24-18)13-11-12-13)22-20(25)21-14-7-3-2-4-8-14/h2-10,13H,11-12H2,1H3,(H,23,24)(H2,21,22,25). The fourth-order valence-corrected chi connectivity index (χ4v) is 2.98. The molecule has 3 aromatic rings. The molecule has 1 aliphatic carbocycles. The Kier molecular flexibility index (Phi) is 4.31. The largest absolute Gasteiger partial charge is 0.496 e. The van der Waals surface area contributed by atoms with E-state index in [1.54, 1.807) is 7.11 Å². The van der Waals surface area contributed by atoms with Crippen molar-refractivity contribution in [1.82, 2.24) is 10.2 Å². The quantitative estimate of drug-likeness (QED) is 0.630. The number of H-pyrrole nitrogens is 1. The topological polar surface area (TPSA) is 79.0 Å². The van der Waals surface area contributed by atoms with E-state index in [0.29, 0.717) is 23.0 Å². The summed E-state index contributed by atoms with van der Waals surface area (Å²) in [5, 5.41) is 13.4. The number of hydrogen-bond donors (Lipinski definition) is 3. The average molecular weight is 348 g/mol. The number of carbonyl (C=O) groups is 1. The van der Waals surface area contributed by atoms with E-state index in [9.17, 15) is 4.79 Å². The summed E-state index contributed by atoms with van der Waals surface area (Å²) in [5.74, 6) is 1.13. The minimum atomic E-state index is -0.296. The first-order valence-electron chi connectivity index (χ1n) is 8.61. The van der Waals surface area contributed by atoms with Crippen molar-refractivity contribution in [2.24, 2.45) is 0 Å². The van der Waals surface area contributed by atoms with Crippen molar-refractivity contribution in [3.63, 3.8) is 0 Å². The second kappa shape index (κ2) is 6.92. The molecule has 1 aromatic heterocycles. The second-order valence-electron chi connectivity index (χ2n) is 6.28. The van der Waals surface area contributed by atoms with Gasteiger partial charge in [0.15, 0.2) is 0 Å². The molecule has 0 radical (unpaired) electrons. The summed E-state index contributed by atoms with van der Waals surface area (Å²) in [6, 6.07) is 16.7. The maximum atomic E-state index is 12.5. The predicted molar refractivity (Wildman–Crippen MR) is 102 cm³/mol. The molecule has 1 aliphatic rings. The van der Waals surface area contributed by atoms with Gasteiger partial charge in [0.1, 0.15) is 11.4 Å². The smallest absolute Gasteiger partial charge is 0.323 e. The van der Waals surface area contributed by atoms with Crippen molar-refractivity contribution in [1.29, 1.82) is 0 Å². The SMILES string of the molecule is COc1ccccc1-c1n[nH]c(C2CC2)c1NC(=O)Nc1ccccc1.